The molecular weight excluding hydrogens is 506 g/mol. The molecule has 3 amide bonds. The number of hydrogen-bond acceptors (Lipinski definition) is 8. The molecule has 0 saturated heterocycles. The summed E-state index contributed by atoms with van der Waals surface area (Å²) in [6.07, 6.45) is 1.56. The number of carbonyl (C=O) groups is 4. The maximum Gasteiger partial charge on any atom is 0.328 e. The van der Waals surface area contributed by atoms with Crippen molar-refractivity contribution in [3.05, 3.63) is 65.7 Å². The van der Waals surface area contributed by atoms with Crippen molar-refractivity contribution in [1.29, 1.82) is 0 Å². The SMILES string of the molecule is NCCCCC(NC(=O)C(N)Cc1ccccc1)C(=O)NC(Cc1ccc(O)cc1)C(=O)NC(CO)C(=O)O. The highest BCUT2D eigenvalue weighted by molar-refractivity contribution is 5.94. The Kier molecular flexibility index (Phi) is 12.9. The van der Waals surface area contributed by atoms with Crippen molar-refractivity contribution in [1.82, 2.24) is 16.0 Å². The van der Waals surface area contributed by atoms with Gasteiger partial charge in [-0.05, 0) is 55.5 Å². The van der Waals surface area contributed by atoms with Crippen molar-refractivity contribution in [2.24, 2.45) is 11.5 Å². The zero-order valence-corrected chi connectivity index (χ0v) is 21.6. The lowest BCUT2D eigenvalue weighted by Gasteiger charge is -2.25. The molecule has 2 aromatic carbocycles. The van der Waals surface area contributed by atoms with Crippen molar-refractivity contribution < 1.29 is 34.5 Å². The first kappa shape index (κ1) is 31.2. The Morgan fingerprint density at radius 3 is 1.90 bits per heavy atom. The summed E-state index contributed by atoms with van der Waals surface area (Å²) in [4.78, 5) is 50.5. The Morgan fingerprint density at radius 1 is 0.744 bits per heavy atom. The quantitative estimate of drug-likeness (QED) is 0.124. The van der Waals surface area contributed by atoms with Gasteiger partial charge in [-0.15, -0.1) is 0 Å². The number of nitrogens with two attached hydrogens (primary N) is 2. The lowest BCUT2D eigenvalue weighted by Crippen LogP contribution is -2.58. The number of amides is 3. The molecule has 12 heteroatoms. The van der Waals surface area contributed by atoms with E-state index in [4.69, 9.17) is 11.5 Å². The third-order valence-corrected chi connectivity index (χ3v) is 6.02. The van der Waals surface area contributed by atoms with Gasteiger partial charge < -0.3 is 42.7 Å². The number of benzene rings is 2. The lowest BCUT2D eigenvalue weighted by atomic mass is 10.0. The summed E-state index contributed by atoms with van der Waals surface area (Å²) >= 11 is 0. The van der Waals surface area contributed by atoms with Crippen molar-refractivity contribution >= 4 is 23.7 Å². The number of aliphatic hydroxyl groups excluding tert-OH is 1. The van der Waals surface area contributed by atoms with E-state index >= 15 is 0 Å². The van der Waals surface area contributed by atoms with Gasteiger partial charge in [0.05, 0.1) is 12.6 Å². The van der Waals surface area contributed by atoms with Gasteiger partial charge in [-0.25, -0.2) is 4.79 Å². The highest BCUT2D eigenvalue weighted by atomic mass is 16.4. The predicted octanol–water partition coefficient (Wildman–Crippen LogP) is -0.835. The molecule has 2 aromatic rings. The van der Waals surface area contributed by atoms with Crippen LogP contribution in [0.4, 0.5) is 0 Å². The summed E-state index contributed by atoms with van der Waals surface area (Å²) in [5.74, 6) is -3.49. The molecule has 212 valence electrons. The first-order valence-corrected chi connectivity index (χ1v) is 12.7. The van der Waals surface area contributed by atoms with Crippen LogP contribution in [-0.2, 0) is 32.0 Å². The molecule has 4 unspecified atom stereocenters. The normalized spacial score (nSPS) is 13.9. The number of phenolic OH excluding ortho intramolecular Hbond substituents is 1. The fourth-order valence-electron chi connectivity index (χ4n) is 3.81. The van der Waals surface area contributed by atoms with Gasteiger partial charge in [0.25, 0.3) is 0 Å². The minimum absolute atomic E-state index is 0.00419. The average molecular weight is 544 g/mol. The van der Waals surface area contributed by atoms with E-state index in [1.807, 2.05) is 30.3 Å². The fourth-order valence-corrected chi connectivity index (χ4v) is 3.81. The molecule has 4 atom stereocenters. The van der Waals surface area contributed by atoms with Crippen LogP contribution in [0.2, 0.25) is 0 Å². The van der Waals surface area contributed by atoms with Crippen LogP contribution in [-0.4, -0.2) is 76.3 Å². The van der Waals surface area contributed by atoms with E-state index < -0.39 is 54.5 Å². The van der Waals surface area contributed by atoms with E-state index in [0.29, 0.717) is 24.9 Å². The van der Waals surface area contributed by atoms with Crippen molar-refractivity contribution in [2.45, 2.75) is 56.3 Å². The molecule has 0 aliphatic heterocycles. The molecule has 2 rings (SSSR count). The molecular formula is C27H37N5O7. The molecule has 0 saturated carbocycles. The number of aliphatic hydroxyl groups is 1. The Morgan fingerprint density at radius 2 is 1.31 bits per heavy atom. The van der Waals surface area contributed by atoms with Crippen LogP contribution in [0.15, 0.2) is 54.6 Å². The second-order valence-electron chi connectivity index (χ2n) is 9.16. The first-order valence-electron chi connectivity index (χ1n) is 12.7. The minimum Gasteiger partial charge on any atom is -0.508 e. The molecule has 0 fully saturated rings. The molecule has 12 nitrogen and oxygen atoms in total. The summed E-state index contributed by atoms with van der Waals surface area (Å²) in [5.41, 5.74) is 13.1. The van der Waals surface area contributed by atoms with Gasteiger partial charge in [0.2, 0.25) is 17.7 Å². The van der Waals surface area contributed by atoms with Crippen LogP contribution in [0.25, 0.3) is 0 Å². The average Bonchev–Trinajstić information content (AvgIpc) is 2.92. The number of carboxylic acids is 1. The van der Waals surface area contributed by atoms with E-state index in [0.717, 1.165) is 5.56 Å². The Labute approximate surface area is 226 Å². The number of rotatable bonds is 16. The summed E-state index contributed by atoms with van der Waals surface area (Å²) in [5, 5.41) is 35.5. The summed E-state index contributed by atoms with van der Waals surface area (Å²) in [6.45, 7) is -0.461. The van der Waals surface area contributed by atoms with Crippen LogP contribution < -0.4 is 27.4 Å². The van der Waals surface area contributed by atoms with Crippen LogP contribution in [0.5, 0.6) is 5.75 Å². The molecule has 0 radical (unpaired) electrons. The van der Waals surface area contributed by atoms with Gasteiger partial charge >= 0.3 is 5.97 Å². The Hall–Kier alpha value is -4.00. The van der Waals surface area contributed by atoms with Crippen LogP contribution in [0, 0.1) is 0 Å². The summed E-state index contributed by atoms with van der Waals surface area (Å²) in [7, 11) is 0. The largest absolute Gasteiger partial charge is 0.508 e. The maximum atomic E-state index is 13.3. The van der Waals surface area contributed by atoms with Gasteiger partial charge in [0.15, 0.2) is 0 Å². The number of unbranched alkanes of at least 4 members (excludes halogenated alkanes) is 1. The fraction of sp³-hybridized carbons (Fsp3) is 0.407. The minimum atomic E-state index is -1.58. The molecule has 10 N–H and O–H groups in total. The zero-order valence-electron chi connectivity index (χ0n) is 21.6. The van der Waals surface area contributed by atoms with Crippen molar-refractivity contribution in [2.75, 3.05) is 13.2 Å². The number of hydrogen-bond donors (Lipinski definition) is 8. The summed E-state index contributed by atoms with van der Waals surface area (Å²) in [6, 6.07) is 10.3. The van der Waals surface area contributed by atoms with E-state index in [-0.39, 0.29) is 25.0 Å². The second kappa shape index (κ2) is 16.1. The topological polar surface area (TPSA) is 217 Å². The smallest absolute Gasteiger partial charge is 0.328 e. The first-order chi connectivity index (χ1) is 18.6. The third-order valence-electron chi connectivity index (χ3n) is 6.02. The zero-order chi connectivity index (χ0) is 28.8. The molecule has 0 heterocycles. The summed E-state index contributed by atoms with van der Waals surface area (Å²) < 4.78 is 0. The van der Waals surface area contributed by atoms with E-state index in [1.54, 1.807) is 12.1 Å². The highest BCUT2D eigenvalue weighted by Gasteiger charge is 2.30. The van der Waals surface area contributed by atoms with Crippen molar-refractivity contribution in [3.8, 4) is 5.75 Å². The maximum absolute atomic E-state index is 13.3. The molecule has 0 aromatic heterocycles. The lowest BCUT2D eigenvalue weighted by molar-refractivity contribution is -0.143. The number of aliphatic carboxylic acids is 1. The molecule has 0 aliphatic carbocycles. The van der Waals surface area contributed by atoms with Crippen LogP contribution in [0.3, 0.4) is 0 Å². The molecule has 0 spiro atoms. The Balaban J connectivity index is 2.19. The monoisotopic (exact) mass is 543 g/mol. The van der Waals surface area contributed by atoms with Gasteiger partial charge in [-0.1, -0.05) is 42.5 Å². The number of aromatic hydroxyl groups is 1. The van der Waals surface area contributed by atoms with Crippen LogP contribution in [0.1, 0.15) is 30.4 Å². The van der Waals surface area contributed by atoms with Gasteiger partial charge in [-0.3, -0.25) is 14.4 Å². The van der Waals surface area contributed by atoms with Gasteiger partial charge in [-0.2, -0.15) is 0 Å². The second-order valence-corrected chi connectivity index (χ2v) is 9.16. The van der Waals surface area contributed by atoms with Gasteiger partial charge in [0.1, 0.15) is 23.9 Å². The number of nitrogens with one attached hydrogen (secondary N) is 3. The van der Waals surface area contributed by atoms with E-state index in [2.05, 4.69) is 16.0 Å². The Bertz CT molecular complexity index is 1080. The van der Waals surface area contributed by atoms with E-state index in [9.17, 15) is 34.5 Å². The predicted molar refractivity (Wildman–Crippen MR) is 143 cm³/mol. The standard InChI is InChI=1S/C27H37N5O7/c28-13-5-4-8-21(30-24(35)20(29)14-17-6-2-1-3-7-17)25(36)31-22(15-18-9-11-19(34)12-10-18)26(37)32-23(16-33)27(38)39/h1-3,6-7,9-12,20-23,33-34H,4-5,8,13-16,28-29H2,(H,30,35)(H,31,36)(H,32,37)(H,38,39). The third kappa shape index (κ3) is 10.7. The van der Waals surface area contributed by atoms with Gasteiger partial charge in [0, 0.05) is 6.42 Å². The van der Waals surface area contributed by atoms with Crippen molar-refractivity contribution in [3.63, 3.8) is 0 Å². The van der Waals surface area contributed by atoms with E-state index in [1.165, 1.54) is 12.1 Å². The number of phenols is 1. The van der Waals surface area contributed by atoms with Crippen LogP contribution >= 0.6 is 0 Å². The number of carbonyl (C=O) groups excluding carboxylic acids is 3. The molecule has 39 heavy (non-hydrogen) atoms. The molecule has 0 aliphatic rings. The molecule has 0 bridgehead atoms. The number of carboxylic acid groups (broad SMARTS) is 1. The highest BCUT2D eigenvalue weighted by Crippen LogP contribution is 2.12.